The van der Waals surface area contributed by atoms with Gasteiger partial charge in [0.15, 0.2) is 0 Å². The second-order valence-corrected chi connectivity index (χ2v) is 8.38. The van der Waals surface area contributed by atoms with E-state index >= 15 is 0 Å². The van der Waals surface area contributed by atoms with Crippen molar-refractivity contribution in [1.82, 2.24) is 20.4 Å². The van der Waals surface area contributed by atoms with E-state index in [2.05, 4.69) is 32.6 Å². The monoisotopic (exact) mass is 432 g/mol. The van der Waals surface area contributed by atoms with Crippen molar-refractivity contribution in [2.24, 2.45) is 5.73 Å². The minimum absolute atomic E-state index is 0.116. The van der Waals surface area contributed by atoms with Gasteiger partial charge in [0.2, 0.25) is 5.13 Å². The van der Waals surface area contributed by atoms with Crippen LogP contribution >= 0.6 is 34.5 Å². The van der Waals surface area contributed by atoms with Crippen LogP contribution in [-0.2, 0) is 6.42 Å². The molecule has 1 atom stereocenters. The molecule has 4 rings (SSSR count). The van der Waals surface area contributed by atoms with Crippen LogP contribution in [0.2, 0.25) is 10.0 Å². The lowest BCUT2D eigenvalue weighted by Gasteiger charge is -2.13. The molecule has 0 radical (unpaired) electrons. The van der Waals surface area contributed by atoms with Gasteiger partial charge in [-0.05, 0) is 48.7 Å². The number of aryl methyl sites for hydroxylation is 1. The largest absolute Gasteiger partial charge is 0.359 e. The molecular formula is C19H18Cl2N6S. The number of fused-ring (bicyclic) bond motifs is 1. The normalized spacial score (nSPS) is 12.4. The predicted octanol–water partition coefficient (Wildman–Crippen LogP) is 4.68. The molecule has 144 valence electrons. The summed E-state index contributed by atoms with van der Waals surface area (Å²) in [6.45, 7) is 2.63. The number of aromatic nitrogens is 4. The molecule has 28 heavy (non-hydrogen) atoms. The van der Waals surface area contributed by atoms with Crippen molar-refractivity contribution >= 4 is 50.6 Å². The number of nitrogens with one attached hydrogen (secondary N) is 2. The van der Waals surface area contributed by atoms with Gasteiger partial charge >= 0.3 is 0 Å². The first-order valence-corrected chi connectivity index (χ1v) is 10.3. The highest BCUT2D eigenvalue weighted by atomic mass is 35.5. The Kier molecular flexibility index (Phi) is 5.50. The van der Waals surface area contributed by atoms with Crippen molar-refractivity contribution in [3.63, 3.8) is 0 Å². The maximum Gasteiger partial charge on any atom is 0.206 e. The minimum atomic E-state index is -0.116. The summed E-state index contributed by atoms with van der Waals surface area (Å²) in [7, 11) is 0. The lowest BCUT2D eigenvalue weighted by molar-refractivity contribution is 0.698. The molecule has 0 spiro atoms. The zero-order valence-electron chi connectivity index (χ0n) is 15.0. The van der Waals surface area contributed by atoms with Gasteiger partial charge in [-0.15, -0.1) is 10.2 Å². The average molecular weight is 433 g/mol. The second-order valence-electron chi connectivity index (χ2n) is 6.56. The number of benzene rings is 2. The Morgan fingerprint density at radius 2 is 2.07 bits per heavy atom. The first-order valence-electron chi connectivity index (χ1n) is 8.71. The number of rotatable bonds is 6. The molecule has 0 bridgehead atoms. The first-order chi connectivity index (χ1) is 13.5. The SMILES string of the molecule is Cc1c(-c2nnc(NC[C@H](N)Cc3ccc(Cl)cc3Cl)s2)ccc2[nH]ncc12. The lowest BCUT2D eigenvalue weighted by Crippen LogP contribution is -2.31. The molecule has 2 heterocycles. The number of anilines is 1. The number of hydrogen-bond acceptors (Lipinski definition) is 6. The third-order valence-electron chi connectivity index (χ3n) is 4.56. The standard InChI is InChI=1S/C19H18Cl2N6S/c1-10-14(4-5-17-15(10)9-24-25-17)18-26-27-19(28-18)23-8-13(22)6-11-2-3-12(20)7-16(11)21/h2-5,7,9,13H,6,8,22H2,1H3,(H,23,27)(H,24,25)/t13-/m1/s1. The number of nitrogens with zero attached hydrogens (tertiary/aromatic N) is 3. The molecule has 0 aliphatic carbocycles. The Morgan fingerprint density at radius 1 is 1.21 bits per heavy atom. The summed E-state index contributed by atoms with van der Waals surface area (Å²) < 4.78 is 0. The average Bonchev–Trinajstić information content (AvgIpc) is 3.32. The van der Waals surface area contributed by atoms with E-state index in [0.717, 1.165) is 37.7 Å². The van der Waals surface area contributed by atoms with Gasteiger partial charge in [0.05, 0.1) is 11.7 Å². The highest BCUT2D eigenvalue weighted by molar-refractivity contribution is 7.18. The van der Waals surface area contributed by atoms with E-state index in [9.17, 15) is 0 Å². The number of H-pyrrole nitrogens is 1. The number of halogens is 2. The Balaban J connectivity index is 1.42. The van der Waals surface area contributed by atoms with E-state index in [-0.39, 0.29) is 6.04 Å². The van der Waals surface area contributed by atoms with Gasteiger partial charge in [-0.3, -0.25) is 5.10 Å². The van der Waals surface area contributed by atoms with Crippen molar-refractivity contribution < 1.29 is 0 Å². The number of hydrogen-bond donors (Lipinski definition) is 3. The molecule has 0 saturated heterocycles. The highest BCUT2D eigenvalue weighted by Gasteiger charge is 2.13. The molecular weight excluding hydrogens is 415 g/mol. The Morgan fingerprint density at radius 3 is 2.89 bits per heavy atom. The molecule has 6 nitrogen and oxygen atoms in total. The van der Waals surface area contributed by atoms with Crippen LogP contribution in [0.5, 0.6) is 0 Å². The van der Waals surface area contributed by atoms with Crippen molar-refractivity contribution in [3.8, 4) is 10.6 Å². The quantitative estimate of drug-likeness (QED) is 0.411. The van der Waals surface area contributed by atoms with Gasteiger partial charge in [0.1, 0.15) is 5.01 Å². The van der Waals surface area contributed by atoms with Crippen LogP contribution < -0.4 is 11.1 Å². The van der Waals surface area contributed by atoms with E-state index in [1.54, 1.807) is 6.07 Å². The number of aromatic amines is 1. The summed E-state index contributed by atoms with van der Waals surface area (Å²) in [5.41, 5.74) is 10.4. The minimum Gasteiger partial charge on any atom is -0.359 e. The third-order valence-corrected chi connectivity index (χ3v) is 6.06. The molecule has 2 aromatic heterocycles. The van der Waals surface area contributed by atoms with E-state index < -0.39 is 0 Å². The first kappa shape index (κ1) is 19.1. The molecule has 9 heteroatoms. The summed E-state index contributed by atoms with van der Waals surface area (Å²) >= 11 is 13.7. The Bertz CT molecular complexity index is 1120. The van der Waals surface area contributed by atoms with Crippen LogP contribution in [0.4, 0.5) is 5.13 Å². The summed E-state index contributed by atoms with van der Waals surface area (Å²) in [6, 6.07) is 9.38. The summed E-state index contributed by atoms with van der Waals surface area (Å²) in [4.78, 5) is 0. The molecule has 0 saturated carbocycles. The van der Waals surface area contributed by atoms with Gasteiger partial charge in [-0.2, -0.15) is 5.10 Å². The summed E-state index contributed by atoms with van der Waals surface area (Å²) in [6.07, 6.45) is 2.47. The third kappa shape index (κ3) is 3.98. The zero-order chi connectivity index (χ0) is 19.7. The molecule has 4 N–H and O–H groups in total. The predicted molar refractivity (Wildman–Crippen MR) is 116 cm³/mol. The maximum absolute atomic E-state index is 6.24. The van der Waals surface area contributed by atoms with Crippen LogP contribution in [0.1, 0.15) is 11.1 Å². The summed E-state index contributed by atoms with van der Waals surface area (Å²) in [5, 5.41) is 22.8. The molecule has 4 aromatic rings. The lowest BCUT2D eigenvalue weighted by atomic mass is 10.1. The van der Waals surface area contributed by atoms with Crippen LogP contribution in [0.3, 0.4) is 0 Å². The van der Waals surface area contributed by atoms with Crippen LogP contribution in [0.15, 0.2) is 36.5 Å². The fraction of sp³-hybridized carbons (Fsp3) is 0.211. The van der Waals surface area contributed by atoms with Crippen molar-refractivity contribution in [2.75, 3.05) is 11.9 Å². The van der Waals surface area contributed by atoms with Crippen molar-refractivity contribution in [1.29, 1.82) is 0 Å². The Hall–Kier alpha value is -2.19. The molecule has 0 aliphatic rings. The molecule has 2 aromatic carbocycles. The Labute approximate surface area is 176 Å². The van der Waals surface area contributed by atoms with Crippen molar-refractivity contribution in [2.45, 2.75) is 19.4 Å². The van der Waals surface area contributed by atoms with Crippen LogP contribution in [0, 0.1) is 6.92 Å². The molecule has 0 aliphatic heterocycles. The van der Waals surface area contributed by atoms with E-state index in [0.29, 0.717) is 23.0 Å². The fourth-order valence-electron chi connectivity index (χ4n) is 3.05. The zero-order valence-corrected chi connectivity index (χ0v) is 17.4. The number of nitrogens with two attached hydrogens (primary N) is 1. The second kappa shape index (κ2) is 8.05. The molecule has 0 unspecified atom stereocenters. The van der Waals surface area contributed by atoms with Gasteiger partial charge < -0.3 is 11.1 Å². The fourth-order valence-corrected chi connectivity index (χ4v) is 4.37. The van der Waals surface area contributed by atoms with E-state index in [1.165, 1.54) is 11.3 Å². The van der Waals surface area contributed by atoms with E-state index in [4.69, 9.17) is 28.9 Å². The van der Waals surface area contributed by atoms with Crippen LogP contribution in [0.25, 0.3) is 21.5 Å². The maximum atomic E-state index is 6.24. The molecule has 0 amide bonds. The topological polar surface area (TPSA) is 92.5 Å². The van der Waals surface area contributed by atoms with Gasteiger partial charge in [-0.25, -0.2) is 0 Å². The van der Waals surface area contributed by atoms with Gasteiger partial charge in [-0.1, -0.05) is 40.6 Å². The van der Waals surface area contributed by atoms with Gasteiger partial charge in [0.25, 0.3) is 0 Å². The highest BCUT2D eigenvalue weighted by Crippen LogP contribution is 2.32. The smallest absolute Gasteiger partial charge is 0.206 e. The van der Waals surface area contributed by atoms with E-state index in [1.807, 2.05) is 30.5 Å². The molecule has 0 fully saturated rings. The van der Waals surface area contributed by atoms with Crippen LogP contribution in [-0.4, -0.2) is 33.0 Å². The summed E-state index contributed by atoms with van der Waals surface area (Å²) in [5.74, 6) is 0. The van der Waals surface area contributed by atoms with Crippen molar-refractivity contribution in [3.05, 3.63) is 57.7 Å². The van der Waals surface area contributed by atoms with Gasteiger partial charge in [0, 0.05) is 33.6 Å².